The molecule has 0 aromatic heterocycles. The summed E-state index contributed by atoms with van der Waals surface area (Å²) in [6, 6.07) is -0.199. The molecule has 0 saturated heterocycles. The van der Waals surface area contributed by atoms with Gasteiger partial charge in [-0.15, -0.1) is 0 Å². The summed E-state index contributed by atoms with van der Waals surface area (Å²) in [6.07, 6.45) is 2.23. The van der Waals surface area contributed by atoms with Gasteiger partial charge in [0, 0.05) is 13.2 Å². The van der Waals surface area contributed by atoms with Crippen LogP contribution in [0.4, 0.5) is 0 Å². The second-order valence-corrected chi connectivity index (χ2v) is 7.35. The third-order valence-electron chi connectivity index (χ3n) is 3.15. The zero-order valence-electron chi connectivity index (χ0n) is 13.8. The Bertz CT molecular complexity index is 320. The van der Waals surface area contributed by atoms with Crippen LogP contribution in [-0.4, -0.2) is 69.2 Å². The van der Waals surface area contributed by atoms with Crippen molar-refractivity contribution in [3.8, 4) is 0 Å². The SMILES string of the molecule is CCCO[SiH](CCCN(C)[C@@H](CC(=O)O)C(=O)O)OCCC. The summed E-state index contributed by atoms with van der Waals surface area (Å²) < 4.78 is 11.5. The standard InChI is InChI=1S/C14H29NO6Si/c1-4-8-20-22(21-9-5-2)10-6-7-15(3)12(14(18)19)11-13(16)17/h12,22H,4-11H2,1-3H3,(H,16,17)(H,18,19)/t12-/m0/s1. The van der Waals surface area contributed by atoms with E-state index in [0.29, 0.717) is 19.8 Å². The lowest BCUT2D eigenvalue weighted by Gasteiger charge is -2.24. The molecule has 0 aliphatic heterocycles. The molecule has 0 aromatic carbocycles. The largest absolute Gasteiger partial charge is 0.481 e. The predicted octanol–water partition coefficient (Wildman–Crippen LogP) is 1.31. The molecule has 0 aromatic rings. The van der Waals surface area contributed by atoms with E-state index >= 15 is 0 Å². The van der Waals surface area contributed by atoms with Gasteiger partial charge in [0.2, 0.25) is 0 Å². The van der Waals surface area contributed by atoms with E-state index in [1.807, 2.05) is 13.8 Å². The Labute approximate surface area is 134 Å². The van der Waals surface area contributed by atoms with Crippen LogP contribution in [0.2, 0.25) is 6.04 Å². The first-order chi connectivity index (χ1) is 10.4. The van der Waals surface area contributed by atoms with Crippen molar-refractivity contribution >= 4 is 21.2 Å². The topological polar surface area (TPSA) is 96.3 Å². The van der Waals surface area contributed by atoms with Crippen LogP contribution in [0.25, 0.3) is 0 Å². The number of nitrogens with zero attached hydrogens (tertiary/aromatic N) is 1. The summed E-state index contributed by atoms with van der Waals surface area (Å²) in [6.45, 7) is 5.98. The van der Waals surface area contributed by atoms with Gasteiger partial charge < -0.3 is 19.1 Å². The second-order valence-electron chi connectivity index (χ2n) is 5.25. The maximum absolute atomic E-state index is 11.1. The summed E-state index contributed by atoms with van der Waals surface area (Å²) in [7, 11) is -0.0660. The summed E-state index contributed by atoms with van der Waals surface area (Å²) in [5.74, 6) is -2.22. The minimum Gasteiger partial charge on any atom is -0.481 e. The average molecular weight is 335 g/mol. The molecule has 0 saturated carbocycles. The highest BCUT2D eigenvalue weighted by Crippen LogP contribution is 2.08. The quantitative estimate of drug-likeness (QED) is 0.462. The number of rotatable bonds is 14. The first kappa shape index (κ1) is 21.0. The molecule has 0 fully saturated rings. The van der Waals surface area contributed by atoms with Crippen molar-refractivity contribution in [2.24, 2.45) is 0 Å². The molecule has 0 aliphatic carbocycles. The smallest absolute Gasteiger partial charge is 0.321 e. The number of hydrogen-bond donors (Lipinski definition) is 2. The number of likely N-dealkylation sites (N-methyl/N-ethyl adjacent to an activating group) is 1. The van der Waals surface area contributed by atoms with Crippen LogP contribution >= 0.6 is 0 Å². The number of carboxylic acids is 2. The first-order valence-corrected chi connectivity index (χ1v) is 9.56. The number of aliphatic carboxylic acids is 2. The second kappa shape index (κ2) is 12.6. The Balaban J connectivity index is 4.24. The van der Waals surface area contributed by atoms with E-state index < -0.39 is 33.7 Å². The molecule has 0 amide bonds. The van der Waals surface area contributed by atoms with Crippen molar-refractivity contribution in [2.75, 3.05) is 26.8 Å². The Morgan fingerprint density at radius 3 is 2.09 bits per heavy atom. The molecule has 0 radical (unpaired) electrons. The summed E-state index contributed by atoms with van der Waals surface area (Å²) >= 11 is 0. The lowest BCUT2D eigenvalue weighted by molar-refractivity contribution is -0.149. The molecule has 130 valence electrons. The fraction of sp³-hybridized carbons (Fsp3) is 0.857. The fourth-order valence-corrected chi connectivity index (χ4v) is 3.92. The zero-order chi connectivity index (χ0) is 17.0. The molecule has 0 bridgehead atoms. The highest BCUT2D eigenvalue weighted by atomic mass is 28.3. The predicted molar refractivity (Wildman–Crippen MR) is 85.4 cm³/mol. The number of carboxylic acid groups (broad SMARTS) is 2. The molecular formula is C14H29NO6Si. The Morgan fingerprint density at radius 1 is 1.14 bits per heavy atom. The Hall–Kier alpha value is -0.963. The maximum atomic E-state index is 11.1. The van der Waals surface area contributed by atoms with Gasteiger partial charge in [-0.2, -0.15) is 0 Å². The average Bonchev–Trinajstić information content (AvgIpc) is 2.46. The Morgan fingerprint density at radius 2 is 1.68 bits per heavy atom. The van der Waals surface area contributed by atoms with Gasteiger partial charge in [-0.25, -0.2) is 0 Å². The monoisotopic (exact) mass is 335 g/mol. The lowest BCUT2D eigenvalue weighted by atomic mass is 10.2. The van der Waals surface area contributed by atoms with E-state index in [0.717, 1.165) is 25.3 Å². The van der Waals surface area contributed by atoms with E-state index in [2.05, 4.69) is 0 Å². The summed E-state index contributed by atoms with van der Waals surface area (Å²) in [5.41, 5.74) is 0. The molecule has 22 heavy (non-hydrogen) atoms. The van der Waals surface area contributed by atoms with Crippen molar-refractivity contribution < 1.29 is 28.7 Å². The molecule has 0 heterocycles. The molecule has 8 heteroatoms. The van der Waals surface area contributed by atoms with E-state index in [4.69, 9.17) is 19.1 Å². The van der Waals surface area contributed by atoms with Crippen molar-refractivity contribution in [3.05, 3.63) is 0 Å². The van der Waals surface area contributed by atoms with E-state index in [1.54, 1.807) is 11.9 Å². The minimum absolute atomic E-state index is 0.397. The van der Waals surface area contributed by atoms with Gasteiger partial charge in [0.1, 0.15) is 6.04 Å². The summed E-state index contributed by atoms with van der Waals surface area (Å²) in [4.78, 5) is 23.4. The Kier molecular flexibility index (Phi) is 12.0. The molecule has 2 N–H and O–H groups in total. The molecule has 7 nitrogen and oxygen atoms in total. The van der Waals surface area contributed by atoms with Crippen molar-refractivity contribution in [2.45, 2.75) is 51.6 Å². The van der Waals surface area contributed by atoms with E-state index in [1.165, 1.54) is 0 Å². The minimum atomic E-state index is -1.70. The highest BCUT2D eigenvalue weighted by molar-refractivity contribution is 6.44. The molecule has 0 spiro atoms. The third kappa shape index (κ3) is 9.88. The normalized spacial score (nSPS) is 12.8. The van der Waals surface area contributed by atoms with Crippen molar-refractivity contribution in [1.82, 2.24) is 4.90 Å². The van der Waals surface area contributed by atoms with Crippen LogP contribution in [-0.2, 0) is 18.4 Å². The number of hydrogen-bond acceptors (Lipinski definition) is 5. The first-order valence-electron chi connectivity index (χ1n) is 7.80. The summed E-state index contributed by atoms with van der Waals surface area (Å²) in [5, 5.41) is 17.9. The third-order valence-corrected chi connectivity index (χ3v) is 5.25. The van der Waals surface area contributed by atoms with Crippen molar-refractivity contribution in [3.63, 3.8) is 0 Å². The van der Waals surface area contributed by atoms with Gasteiger partial charge in [-0.05, 0) is 38.9 Å². The van der Waals surface area contributed by atoms with E-state index in [9.17, 15) is 9.59 Å². The molecule has 0 rings (SSSR count). The van der Waals surface area contributed by atoms with Crippen LogP contribution in [0.3, 0.4) is 0 Å². The molecule has 0 unspecified atom stereocenters. The van der Waals surface area contributed by atoms with Crippen LogP contribution < -0.4 is 0 Å². The van der Waals surface area contributed by atoms with Crippen LogP contribution in [0.1, 0.15) is 39.5 Å². The van der Waals surface area contributed by atoms with Gasteiger partial charge in [0.05, 0.1) is 6.42 Å². The fourth-order valence-electron chi connectivity index (χ4n) is 1.97. The van der Waals surface area contributed by atoms with Crippen LogP contribution in [0, 0.1) is 0 Å². The number of carbonyl (C=O) groups is 2. The maximum Gasteiger partial charge on any atom is 0.321 e. The highest BCUT2D eigenvalue weighted by Gasteiger charge is 2.25. The van der Waals surface area contributed by atoms with Gasteiger partial charge in [-0.1, -0.05) is 13.8 Å². The molecular weight excluding hydrogens is 306 g/mol. The van der Waals surface area contributed by atoms with Gasteiger partial charge in [-0.3, -0.25) is 14.5 Å². The van der Waals surface area contributed by atoms with Crippen molar-refractivity contribution in [1.29, 1.82) is 0 Å². The van der Waals surface area contributed by atoms with Gasteiger partial charge in [0.15, 0.2) is 0 Å². The van der Waals surface area contributed by atoms with Gasteiger partial charge >= 0.3 is 21.2 Å². The zero-order valence-corrected chi connectivity index (χ0v) is 14.9. The molecule has 1 atom stereocenters. The van der Waals surface area contributed by atoms with E-state index in [-0.39, 0.29) is 0 Å². The molecule has 0 aliphatic rings. The van der Waals surface area contributed by atoms with Crippen LogP contribution in [0.5, 0.6) is 0 Å². The van der Waals surface area contributed by atoms with Gasteiger partial charge in [0.25, 0.3) is 0 Å². The van der Waals surface area contributed by atoms with Crippen LogP contribution in [0.15, 0.2) is 0 Å². The lowest BCUT2D eigenvalue weighted by Crippen LogP contribution is -2.41.